The summed E-state index contributed by atoms with van der Waals surface area (Å²) in [5.74, 6) is -0.105. The smallest absolute Gasteiger partial charge is 0.324 e. The molecule has 9 heteroatoms. The van der Waals surface area contributed by atoms with Crippen LogP contribution in [0.3, 0.4) is 0 Å². The van der Waals surface area contributed by atoms with E-state index in [1.165, 1.54) is 11.4 Å². The molecule has 1 fully saturated rings. The van der Waals surface area contributed by atoms with Crippen LogP contribution in [0.2, 0.25) is 5.02 Å². The Bertz CT molecular complexity index is 700. The maximum atomic E-state index is 12.6. The molecule has 0 amide bonds. The van der Waals surface area contributed by atoms with Crippen molar-refractivity contribution in [2.45, 2.75) is 38.8 Å². The molecule has 0 unspecified atom stereocenters. The van der Waals surface area contributed by atoms with Crippen LogP contribution < -0.4 is 9.46 Å². The van der Waals surface area contributed by atoms with Gasteiger partial charge in [-0.2, -0.15) is 17.4 Å². The van der Waals surface area contributed by atoms with Crippen molar-refractivity contribution in [1.82, 2.24) is 9.03 Å². The zero-order valence-corrected chi connectivity index (χ0v) is 16.7. The lowest BCUT2D eigenvalue weighted by molar-refractivity contribution is -0.143. The van der Waals surface area contributed by atoms with Gasteiger partial charge in [0.05, 0.1) is 7.11 Å². The van der Waals surface area contributed by atoms with Crippen molar-refractivity contribution in [3.05, 3.63) is 29.3 Å². The molecule has 2 rings (SSSR count). The number of halogens is 1. The van der Waals surface area contributed by atoms with E-state index in [2.05, 4.69) is 9.46 Å². The highest BCUT2D eigenvalue weighted by Crippen LogP contribution is 2.22. The highest BCUT2D eigenvalue weighted by atomic mass is 35.5. The molecule has 0 aromatic heterocycles. The number of nitrogens with one attached hydrogen (secondary N) is 1. The second kappa shape index (κ2) is 9.03. The van der Waals surface area contributed by atoms with Crippen LogP contribution in [0.5, 0.6) is 5.75 Å². The Morgan fingerprint density at radius 2 is 1.81 bits per heavy atom. The molecule has 0 radical (unpaired) electrons. The molecule has 1 N–H and O–H groups in total. The Morgan fingerprint density at radius 1 is 1.23 bits per heavy atom. The molecule has 1 aromatic rings. The van der Waals surface area contributed by atoms with Crippen molar-refractivity contribution in [3.8, 4) is 5.75 Å². The molecule has 0 bridgehead atoms. The fourth-order valence-electron chi connectivity index (χ4n) is 2.71. The number of hydrogen-bond donors (Lipinski definition) is 1. The first-order valence-electron chi connectivity index (χ1n) is 8.50. The van der Waals surface area contributed by atoms with Gasteiger partial charge in [-0.05, 0) is 43.0 Å². The second-order valence-electron chi connectivity index (χ2n) is 6.54. The quantitative estimate of drug-likeness (QED) is 0.704. The van der Waals surface area contributed by atoms with Gasteiger partial charge in [-0.1, -0.05) is 25.4 Å². The Labute approximate surface area is 159 Å². The summed E-state index contributed by atoms with van der Waals surface area (Å²) in [6.45, 7) is 4.16. The van der Waals surface area contributed by atoms with E-state index >= 15 is 0 Å². The zero-order valence-electron chi connectivity index (χ0n) is 15.1. The molecule has 1 aromatic carbocycles. The second-order valence-corrected chi connectivity index (χ2v) is 8.68. The summed E-state index contributed by atoms with van der Waals surface area (Å²) in [4.78, 5) is 11.8. The predicted molar refractivity (Wildman–Crippen MR) is 99.4 cm³/mol. The van der Waals surface area contributed by atoms with Crippen LogP contribution in [0, 0.1) is 5.92 Å². The Morgan fingerprint density at radius 3 is 2.31 bits per heavy atom. The van der Waals surface area contributed by atoms with Crippen molar-refractivity contribution < 1.29 is 22.7 Å². The molecular weight excluding hydrogens is 380 g/mol. The fourth-order valence-corrected chi connectivity index (χ4v) is 4.37. The summed E-state index contributed by atoms with van der Waals surface area (Å²) in [6, 6.07) is 6.17. The molecule has 26 heavy (non-hydrogen) atoms. The monoisotopic (exact) mass is 404 g/mol. The number of carbonyl (C=O) groups is 1. The maximum absolute atomic E-state index is 12.6. The zero-order chi connectivity index (χ0) is 19.3. The summed E-state index contributed by atoms with van der Waals surface area (Å²) in [5, 5.41) is 0.634. The van der Waals surface area contributed by atoms with Crippen LogP contribution in [-0.4, -0.2) is 51.0 Å². The molecule has 1 aliphatic heterocycles. The number of methoxy groups -OCH3 is 1. The van der Waals surface area contributed by atoms with Crippen LogP contribution in [-0.2, 0) is 19.7 Å². The Hall–Kier alpha value is -1.35. The number of ether oxygens (including phenoxy) is 2. The lowest BCUT2D eigenvalue weighted by Crippen LogP contribution is -2.53. The molecule has 1 atom stereocenters. The minimum atomic E-state index is -3.78. The van der Waals surface area contributed by atoms with Gasteiger partial charge < -0.3 is 9.47 Å². The van der Waals surface area contributed by atoms with E-state index in [1.807, 2.05) is 0 Å². The number of esters is 1. The van der Waals surface area contributed by atoms with Gasteiger partial charge in [0, 0.05) is 18.1 Å². The van der Waals surface area contributed by atoms with Gasteiger partial charge in [-0.25, -0.2) is 0 Å². The van der Waals surface area contributed by atoms with Crippen LogP contribution in [0.15, 0.2) is 24.3 Å². The van der Waals surface area contributed by atoms with Crippen LogP contribution in [0.4, 0.5) is 0 Å². The van der Waals surface area contributed by atoms with Gasteiger partial charge in [-0.15, -0.1) is 0 Å². The highest BCUT2D eigenvalue weighted by Gasteiger charge is 2.34. The molecule has 1 saturated heterocycles. The van der Waals surface area contributed by atoms with Gasteiger partial charge in [0.25, 0.3) is 10.2 Å². The van der Waals surface area contributed by atoms with E-state index in [0.29, 0.717) is 36.7 Å². The Kier molecular flexibility index (Phi) is 7.28. The minimum Gasteiger partial charge on any atom is -0.490 e. The number of hydrogen-bond acceptors (Lipinski definition) is 5. The van der Waals surface area contributed by atoms with Crippen molar-refractivity contribution in [3.63, 3.8) is 0 Å². The number of carbonyl (C=O) groups excluding carboxylic acids is 1. The molecule has 146 valence electrons. The van der Waals surface area contributed by atoms with Gasteiger partial charge in [0.15, 0.2) is 0 Å². The standard InChI is InChI=1S/C17H25ClN2O5S/c1-12(2)16(17(21)24-3)19-26(22,23)20-10-8-15(9-11-20)25-14-6-4-13(18)5-7-14/h4-7,12,15-16,19H,8-11H2,1-3H3/t16-/m1/s1. The minimum absolute atomic E-state index is 0.0656. The van der Waals surface area contributed by atoms with Gasteiger partial charge in [0.2, 0.25) is 0 Å². The fraction of sp³-hybridized carbons (Fsp3) is 0.588. The number of rotatable bonds is 7. The summed E-state index contributed by atoms with van der Waals surface area (Å²) < 4.78 is 39.5. The third-order valence-corrected chi connectivity index (χ3v) is 6.10. The maximum Gasteiger partial charge on any atom is 0.324 e. The van der Waals surface area contributed by atoms with Crippen molar-refractivity contribution in [1.29, 1.82) is 0 Å². The van der Waals surface area contributed by atoms with E-state index in [1.54, 1.807) is 38.1 Å². The molecule has 1 heterocycles. The van der Waals surface area contributed by atoms with Gasteiger partial charge >= 0.3 is 5.97 Å². The summed E-state index contributed by atoms with van der Waals surface area (Å²) in [6.07, 6.45) is 1.06. The molecule has 1 aliphatic rings. The third kappa shape index (κ3) is 5.57. The highest BCUT2D eigenvalue weighted by molar-refractivity contribution is 7.87. The van der Waals surface area contributed by atoms with Gasteiger partial charge in [-0.3, -0.25) is 4.79 Å². The first-order chi connectivity index (χ1) is 12.2. The first-order valence-corrected chi connectivity index (χ1v) is 10.3. The van der Waals surface area contributed by atoms with Crippen molar-refractivity contribution >= 4 is 27.8 Å². The lowest BCUT2D eigenvalue weighted by Gasteiger charge is -2.32. The normalized spacial score (nSPS) is 17.9. The lowest BCUT2D eigenvalue weighted by atomic mass is 10.1. The molecule has 0 aliphatic carbocycles. The summed E-state index contributed by atoms with van der Waals surface area (Å²) >= 11 is 5.85. The van der Waals surface area contributed by atoms with E-state index in [9.17, 15) is 13.2 Å². The molecule has 0 spiro atoms. The van der Waals surface area contributed by atoms with Crippen molar-refractivity contribution in [2.75, 3.05) is 20.2 Å². The van der Waals surface area contributed by atoms with E-state index in [0.717, 1.165) is 0 Å². The number of benzene rings is 1. The average molecular weight is 405 g/mol. The van der Waals surface area contributed by atoms with Crippen LogP contribution in [0.25, 0.3) is 0 Å². The average Bonchev–Trinajstić information content (AvgIpc) is 2.61. The summed E-state index contributed by atoms with van der Waals surface area (Å²) in [7, 11) is -2.53. The SMILES string of the molecule is COC(=O)[C@H](NS(=O)(=O)N1CCC(Oc2ccc(Cl)cc2)CC1)C(C)C. The van der Waals surface area contributed by atoms with Gasteiger partial charge in [0.1, 0.15) is 17.9 Å². The summed E-state index contributed by atoms with van der Waals surface area (Å²) in [5.41, 5.74) is 0. The molecule has 0 saturated carbocycles. The topological polar surface area (TPSA) is 84.9 Å². The Balaban J connectivity index is 1.92. The van der Waals surface area contributed by atoms with E-state index in [-0.39, 0.29) is 12.0 Å². The third-order valence-electron chi connectivity index (χ3n) is 4.25. The predicted octanol–water partition coefficient (Wildman–Crippen LogP) is 2.22. The number of nitrogens with zero attached hydrogens (tertiary/aromatic N) is 1. The van der Waals surface area contributed by atoms with Crippen LogP contribution in [0.1, 0.15) is 26.7 Å². The largest absolute Gasteiger partial charge is 0.490 e. The van der Waals surface area contributed by atoms with E-state index in [4.69, 9.17) is 16.3 Å². The molecule has 7 nitrogen and oxygen atoms in total. The molecular formula is C17H25ClN2O5S. The van der Waals surface area contributed by atoms with E-state index < -0.39 is 22.2 Å². The number of piperidine rings is 1. The first kappa shape index (κ1) is 21.0. The van der Waals surface area contributed by atoms with Crippen molar-refractivity contribution in [2.24, 2.45) is 5.92 Å². The van der Waals surface area contributed by atoms with Crippen LogP contribution >= 0.6 is 11.6 Å².